The number of carbonyl (C=O) groups excluding carboxylic acids is 2. The van der Waals surface area contributed by atoms with E-state index in [9.17, 15) is 9.59 Å². The molecule has 0 aromatic heterocycles. The Labute approximate surface area is 175 Å². The van der Waals surface area contributed by atoms with Gasteiger partial charge in [0.25, 0.3) is 0 Å². The topological polar surface area (TPSA) is 64.7 Å². The third kappa shape index (κ3) is 6.46. The van der Waals surface area contributed by atoms with Crippen LogP contribution in [0.4, 0.5) is 4.79 Å². The zero-order valence-corrected chi connectivity index (χ0v) is 17.9. The molecular formula is C23H36N4O2. The van der Waals surface area contributed by atoms with E-state index in [2.05, 4.69) is 27.7 Å². The number of nitrogens with one attached hydrogen (secondary N) is 2. The van der Waals surface area contributed by atoms with Gasteiger partial charge in [-0.3, -0.25) is 9.69 Å². The molecule has 3 amide bonds. The summed E-state index contributed by atoms with van der Waals surface area (Å²) in [4.78, 5) is 29.3. The number of likely N-dealkylation sites (tertiary alicyclic amines) is 2. The maximum atomic E-state index is 12.7. The Morgan fingerprint density at radius 1 is 1.07 bits per heavy atom. The van der Waals surface area contributed by atoms with Crippen LogP contribution < -0.4 is 10.6 Å². The molecule has 2 N–H and O–H groups in total. The number of nitrogens with zero attached hydrogens (tertiary/aromatic N) is 2. The molecule has 1 atom stereocenters. The van der Waals surface area contributed by atoms with Crippen molar-refractivity contribution < 1.29 is 9.59 Å². The second-order valence-corrected chi connectivity index (χ2v) is 8.68. The summed E-state index contributed by atoms with van der Waals surface area (Å²) < 4.78 is 0. The number of rotatable bonds is 6. The van der Waals surface area contributed by atoms with Crippen LogP contribution in [-0.4, -0.2) is 66.5 Å². The minimum Gasteiger partial charge on any atom is -0.355 e. The molecule has 2 aliphatic rings. The third-order valence-corrected chi connectivity index (χ3v) is 6.06. The Morgan fingerprint density at radius 3 is 2.48 bits per heavy atom. The van der Waals surface area contributed by atoms with Crippen molar-refractivity contribution in [2.75, 3.05) is 32.7 Å². The fraction of sp³-hybridized carbons (Fsp3) is 0.652. The van der Waals surface area contributed by atoms with Gasteiger partial charge in [0.15, 0.2) is 0 Å². The highest BCUT2D eigenvalue weighted by Crippen LogP contribution is 2.24. The van der Waals surface area contributed by atoms with Crippen LogP contribution in [0.15, 0.2) is 30.3 Å². The van der Waals surface area contributed by atoms with Crippen LogP contribution in [0.5, 0.6) is 0 Å². The number of hydrogen-bond acceptors (Lipinski definition) is 3. The number of piperidine rings is 2. The minimum absolute atomic E-state index is 0.0489. The van der Waals surface area contributed by atoms with Gasteiger partial charge < -0.3 is 15.5 Å². The van der Waals surface area contributed by atoms with E-state index >= 15 is 0 Å². The van der Waals surface area contributed by atoms with Gasteiger partial charge in [-0.25, -0.2) is 4.79 Å². The molecule has 6 nitrogen and oxygen atoms in total. The molecule has 0 bridgehead atoms. The van der Waals surface area contributed by atoms with Crippen LogP contribution in [0.25, 0.3) is 0 Å². The molecule has 2 heterocycles. The van der Waals surface area contributed by atoms with Gasteiger partial charge in [-0.05, 0) is 58.1 Å². The van der Waals surface area contributed by atoms with Crippen molar-refractivity contribution in [3.8, 4) is 0 Å². The standard InChI is InChI=1S/C23H36N4O2/c1-18(2)25-23(29)26-15-11-21(12-16-26)27-14-6-9-20(17-27)22(28)24-13-10-19-7-4-3-5-8-19/h3-5,7-8,18,20-21H,6,9-17H2,1-2H3,(H,24,28)(H,25,29)/t20-/m0/s1. The van der Waals surface area contributed by atoms with Crippen molar-refractivity contribution >= 4 is 11.9 Å². The first-order chi connectivity index (χ1) is 14.0. The quantitative estimate of drug-likeness (QED) is 0.772. The molecule has 6 heteroatoms. The lowest BCUT2D eigenvalue weighted by Gasteiger charge is -2.42. The summed E-state index contributed by atoms with van der Waals surface area (Å²) in [6, 6.07) is 11.0. The van der Waals surface area contributed by atoms with E-state index in [4.69, 9.17) is 0 Å². The summed E-state index contributed by atoms with van der Waals surface area (Å²) in [7, 11) is 0. The second kappa shape index (κ2) is 10.6. The normalized spacial score (nSPS) is 21.2. The summed E-state index contributed by atoms with van der Waals surface area (Å²) in [5.41, 5.74) is 1.26. The van der Waals surface area contributed by atoms with Crippen molar-refractivity contribution in [3.63, 3.8) is 0 Å². The van der Waals surface area contributed by atoms with Crippen LogP contribution >= 0.6 is 0 Å². The summed E-state index contributed by atoms with van der Waals surface area (Å²) in [6.45, 7) is 8.19. The molecule has 1 aromatic carbocycles. The number of benzene rings is 1. The molecular weight excluding hydrogens is 364 g/mol. The smallest absolute Gasteiger partial charge is 0.317 e. The van der Waals surface area contributed by atoms with E-state index in [1.165, 1.54) is 5.56 Å². The average molecular weight is 401 g/mol. The minimum atomic E-state index is 0.0489. The van der Waals surface area contributed by atoms with Gasteiger partial charge in [0.05, 0.1) is 5.92 Å². The highest BCUT2D eigenvalue weighted by molar-refractivity contribution is 5.79. The lowest BCUT2D eigenvalue weighted by atomic mass is 9.93. The first-order valence-corrected chi connectivity index (χ1v) is 11.1. The van der Waals surface area contributed by atoms with E-state index in [0.29, 0.717) is 12.6 Å². The Balaban J connectivity index is 1.41. The molecule has 2 aliphatic heterocycles. The van der Waals surface area contributed by atoms with Crippen molar-refractivity contribution in [1.29, 1.82) is 0 Å². The zero-order chi connectivity index (χ0) is 20.6. The summed E-state index contributed by atoms with van der Waals surface area (Å²) >= 11 is 0. The van der Waals surface area contributed by atoms with Crippen molar-refractivity contribution in [1.82, 2.24) is 20.4 Å². The molecule has 1 aromatic rings. The Hall–Kier alpha value is -2.08. The first-order valence-electron chi connectivity index (χ1n) is 11.1. The van der Waals surface area contributed by atoms with Gasteiger partial charge >= 0.3 is 6.03 Å². The van der Waals surface area contributed by atoms with Crippen LogP contribution in [0.1, 0.15) is 45.1 Å². The fourth-order valence-corrected chi connectivity index (χ4v) is 4.44. The predicted octanol–water partition coefficient (Wildman–Crippen LogP) is 2.64. The van der Waals surface area contributed by atoms with Gasteiger partial charge in [-0.2, -0.15) is 0 Å². The zero-order valence-electron chi connectivity index (χ0n) is 17.9. The highest BCUT2D eigenvalue weighted by atomic mass is 16.2. The predicted molar refractivity (Wildman–Crippen MR) is 116 cm³/mol. The van der Waals surface area contributed by atoms with Crippen LogP contribution in [0.3, 0.4) is 0 Å². The van der Waals surface area contributed by atoms with E-state index in [0.717, 1.165) is 58.3 Å². The highest BCUT2D eigenvalue weighted by Gasteiger charge is 2.32. The van der Waals surface area contributed by atoms with Gasteiger partial charge in [-0.1, -0.05) is 30.3 Å². The van der Waals surface area contributed by atoms with E-state index in [-0.39, 0.29) is 23.9 Å². The van der Waals surface area contributed by atoms with Gasteiger partial charge in [0, 0.05) is 38.3 Å². The van der Waals surface area contributed by atoms with Crippen molar-refractivity contribution in [2.45, 2.75) is 58.0 Å². The largest absolute Gasteiger partial charge is 0.355 e. The number of carbonyl (C=O) groups is 2. The van der Waals surface area contributed by atoms with Crippen LogP contribution in [-0.2, 0) is 11.2 Å². The Bertz CT molecular complexity index is 656. The second-order valence-electron chi connectivity index (χ2n) is 8.68. The van der Waals surface area contributed by atoms with E-state index in [1.54, 1.807) is 0 Å². The summed E-state index contributed by atoms with van der Waals surface area (Å²) in [6.07, 6.45) is 4.91. The van der Waals surface area contributed by atoms with Gasteiger partial charge in [0.2, 0.25) is 5.91 Å². The van der Waals surface area contributed by atoms with Gasteiger partial charge in [-0.15, -0.1) is 0 Å². The molecule has 29 heavy (non-hydrogen) atoms. The average Bonchev–Trinajstić information content (AvgIpc) is 2.74. The fourth-order valence-electron chi connectivity index (χ4n) is 4.44. The number of amides is 3. The molecule has 160 valence electrons. The van der Waals surface area contributed by atoms with Crippen LogP contribution in [0.2, 0.25) is 0 Å². The molecule has 2 fully saturated rings. The van der Waals surface area contributed by atoms with E-state index in [1.807, 2.05) is 36.9 Å². The SMILES string of the molecule is CC(C)NC(=O)N1CCC(N2CCC[C@H](C(=O)NCCc3ccccc3)C2)CC1. The molecule has 0 unspecified atom stereocenters. The monoisotopic (exact) mass is 400 g/mol. The Kier molecular flexibility index (Phi) is 7.92. The first kappa shape index (κ1) is 21.6. The third-order valence-electron chi connectivity index (χ3n) is 6.06. The van der Waals surface area contributed by atoms with Crippen LogP contribution in [0, 0.1) is 5.92 Å². The number of urea groups is 1. The summed E-state index contributed by atoms with van der Waals surface area (Å²) in [5, 5.41) is 6.12. The van der Waals surface area contributed by atoms with Crippen molar-refractivity contribution in [3.05, 3.63) is 35.9 Å². The summed E-state index contributed by atoms with van der Waals surface area (Å²) in [5.74, 6) is 0.279. The maximum Gasteiger partial charge on any atom is 0.317 e. The molecule has 3 rings (SSSR count). The maximum absolute atomic E-state index is 12.7. The molecule has 0 saturated carbocycles. The Morgan fingerprint density at radius 2 is 1.79 bits per heavy atom. The molecule has 0 aliphatic carbocycles. The number of hydrogen-bond donors (Lipinski definition) is 2. The van der Waals surface area contributed by atoms with E-state index < -0.39 is 0 Å². The molecule has 2 saturated heterocycles. The molecule has 0 spiro atoms. The molecule has 0 radical (unpaired) electrons. The lowest BCUT2D eigenvalue weighted by Crippen LogP contribution is -2.53. The lowest BCUT2D eigenvalue weighted by molar-refractivity contribution is -0.127. The van der Waals surface area contributed by atoms with Crippen molar-refractivity contribution in [2.24, 2.45) is 5.92 Å². The van der Waals surface area contributed by atoms with Gasteiger partial charge in [0.1, 0.15) is 0 Å².